The van der Waals surface area contributed by atoms with Crippen LogP contribution in [0.5, 0.6) is 5.75 Å². The number of rotatable bonds is 0. The van der Waals surface area contributed by atoms with Gasteiger partial charge in [-0.2, -0.15) is 0 Å². The molecule has 2 nitrogen and oxygen atoms in total. The number of fused-ring (bicyclic) bond motifs is 2. The lowest BCUT2D eigenvalue weighted by Gasteiger charge is -2.36. The van der Waals surface area contributed by atoms with E-state index in [4.69, 9.17) is 0 Å². The number of aromatic hydroxyl groups is 1. The van der Waals surface area contributed by atoms with E-state index in [1.807, 2.05) is 12.1 Å². The van der Waals surface area contributed by atoms with E-state index in [1.165, 1.54) is 11.1 Å². The van der Waals surface area contributed by atoms with Crippen LogP contribution in [-0.4, -0.2) is 10.9 Å². The largest absolute Gasteiger partial charge is 0.508 e. The topological polar surface area (TPSA) is 37.3 Å². The van der Waals surface area contributed by atoms with Gasteiger partial charge in [-0.3, -0.25) is 4.79 Å². The summed E-state index contributed by atoms with van der Waals surface area (Å²) in [5.74, 6) is 1.25. The summed E-state index contributed by atoms with van der Waals surface area (Å²) >= 11 is 0. The van der Waals surface area contributed by atoms with Gasteiger partial charge >= 0.3 is 0 Å². The standard InChI is InChI=1S/C14H16O2/c1-14-8-9-2-4-12(15)7-10(9)6-11(14)3-5-13(14)16/h2,4,7,11,15H,3,5-6,8H2,1H3/t11-,14-/m0/s1. The zero-order chi connectivity index (χ0) is 11.3. The summed E-state index contributed by atoms with van der Waals surface area (Å²) in [6.45, 7) is 2.11. The molecule has 1 aromatic carbocycles. The molecule has 0 bridgehead atoms. The fourth-order valence-electron chi connectivity index (χ4n) is 3.34. The number of phenolic OH excluding ortho intramolecular Hbond substituents is 1. The SMILES string of the molecule is C[C@]12Cc3ccc(O)cc3C[C@@H]1CCC2=O. The summed E-state index contributed by atoms with van der Waals surface area (Å²) in [7, 11) is 0. The Morgan fingerprint density at radius 3 is 3.00 bits per heavy atom. The first kappa shape index (κ1) is 9.88. The molecule has 0 saturated heterocycles. The van der Waals surface area contributed by atoms with Crippen LogP contribution in [0.1, 0.15) is 30.9 Å². The van der Waals surface area contributed by atoms with E-state index in [0.29, 0.717) is 17.5 Å². The van der Waals surface area contributed by atoms with Crippen LogP contribution >= 0.6 is 0 Å². The molecule has 0 aromatic heterocycles. The van der Waals surface area contributed by atoms with Gasteiger partial charge in [0.1, 0.15) is 11.5 Å². The van der Waals surface area contributed by atoms with Gasteiger partial charge in [0.25, 0.3) is 0 Å². The Labute approximate surface area is 95.3 Å². The number of hydrogen-bond acceptors (Lipinski definition) is 2. The second kappa shape index (κ2) is 3.09. The van der Waals surface area contributed by atoms with Gasteiger partial charge in [-0.15, -0.1) is 0 Å². The summed E-state index contributed by atoms with van der Waals surface area (Å²) in [6, 6.07) is 5.55. The Morgan fingerprint density at radius 1 is 1.38 bits per heavy atom. The van der Waals surface area contributed by atoms with Crippen LogP contribution in [0, 0.1) is 11.3 Å². The summed E-state index contributed by atoms with van der Waals surface area (Å²) in [5, 5.41) is 9.48. The molecule has 2 atom stereocenters. The van der Waals surface area contributed by atoms with Crippen molar-refractivity contribution >= 4 is 5.78 Å². The normalized spacial score (nSPS) is 32.3. The summed E-state index contributed by atoms with van der Waals surface area (Å²) in [5.41, 5.74) is 2.34. The van der Waals surface area contributed by atoms with Crippen LogP contribution in [0.25, 0.3) is 0 Å². The molecule has 1 N–H and O–H groups in total. The molecule has 2 aliphatic rings. The number of phenols is 1. The predicted octanol–water partition coefficient (Wildman–Crippen LogP) is 2.48. The highest BCUT2D eigenvalue weighted by Gasteiger charge is 2.48. The fourth-order valence-corrected chi connectivity index (χ4v) is 3.34. The summed E-state index contributed by atoms with van der Waals surface area (Å²) in [6.07, 6.45) is 3.56. The van der Waals surface area contributed by atoms with Crippen LogP contribution in [0.3, 0.4) is 0 Å². The van der Waals surface area contributed by atoms with Crippen LogP contribution in [0.15, 0.2) is 18.2 Å². The van der Waals surface area contributed by atoms with Gasteiger partial charge in [0, 0.05) is 11.8 Å². The minimum Gasteiger partial charge on any atom is -0.508 e. The van der Waals surface area contributed by atoms with Crippen LogP contribution < -0.4 is 0 Å². The molecule has 84 valence electrons. The molecule has 16 heavy (non-hydrogen) atoms. The van der Waals surface area contributed by atoms with Crippen molar-refractivity contribution < 1.29 is 9.90 Å². The van der Waals surface area contributed by atoms with Gasteiger partial charge in [0.05, 0.1) is 0 Å². The predicted molar refractivity (Wildman–Crippen MR) is 61.4 cm³/mol. The van der Waals surface area contributed by atoms with E-state index in [-0.39, 0.29) is 5.41 Å². The number of benzene rings is 1. The van der Waals surface area contributed by atoms with Crippen molar-refractivity contribution in [1.82, 2.24) is 0 Å². The highest BCUT2D eigenvalue weighted by Crippen LogP contribution is 2.48. The number of carbonyl (C=O) groups excluding carboxylic acids is 1. The zero-order valence-electron chi connectivity index (χ0n) is 9.49. The Bertz CT molecular complexity index is 464. The maximum Gasteiger partial charge on any atom is 0.139 e. The average molecular weight is 216 g/mol. The molecular formula is C14H16O2. The van der Waals surface area contributed by atoms with E-state index in [9.17, 15) is 9.90 Å². The Balaban J connectivity index is 2.05. The lowest BCUT2D eigenvalue weighted by molar-refractivity contribution is -0.126. The van der Waals surface area contributed by atoms with Crippen molar-refractivity contribution in [2.75, 3.05) is 0 Å². The maximum atomic E-state index is 12.0. The number of ketones is 1. The van der Waals surface area contributed by atoms with Crippen LogP contribution in [0.2, 0.25) is 0 Å². The molecule has 0 radical (unpaired) electrons. The van der Waals surface area contributed by atoms with Gasteiger partial charge in [0.2, 0.25) is 0 Å². The second-order valence-corrected chi connectivity index (χ2v) is 5.41. The van der Waals surface area contributed by atoms with E-state index in [2.05, 4.69) is 6.92 Å². The minimum absolute atomic E-state index is 0.135. The van der Waals surface area contributed by atoms with E-state index < -0.39 is 0 Å². The third kappa shape index (κ3) is 1.22. The lowest BCUT2D eigenvalue weighted by atomic mass is 9.67. The first-order chi connectivity index (χ1) is 7.59. The van der Waals surface area contributed by atoms with Crippen molar-refractivity contribution in [1.29, 1.82) is 0 Å². The molecule has 1 saturated carbocycles. The molecule has 2 heteroatoms. The summed E-state index contributed by atoms with van der Waals surface area (Å²) < 4.78 is 0. The van der Waals surface area contributed by atoms with Crippen molar-refractivity contribution in [2.45, 2.75) is 32.6 Å². The first-order valence-corrected chi connectivity index (χ1v) is 5.94. The highest BCUT2D eigenvalue weighted by atomic mass is 16.3. The van der Waals surface area contributed by atoms with E-state index in [0.717, 1.165) is 25.7 Å². The molecule has 3 rings (SSSR count). The number of Topliss-reactive ketones (excluding diaryl/α,β-unsaturated/α-hetero) is 1. The zero-order valence-corrected chi connectivity index (χ0v) is 9.49. The van der Waals surface area contributed by atoms with Crippen molar-refractivity contribution in [2.24, 2.45) is 11.3 Å². The van der Waals surface area contributed by atoms with Gasteiger partial charge < -0.3 is 5.11 Å². The average Bonchev–Trinajstić information content (AvgIpc) is 2.53. The van der Waals surface area contributed by atoms with Gasteiger partial charge in [-0.1, -0.05) is 13.0 Å². The summed E-state index contributed by atoms with van der Waals surface area (Å²) in [4.78, 5) is 12.0. The molecule has 0 aliphatic heterocycles. The van der Waals surface area contributed by atoms with Crippen molar-refractivity contribution in [3.63, 3.8) is 0 Å². The molecule has 1 aromatic rings. The monoisotopic (exact) mass is 216 g/mol. The third-order valence-electron chi connectivity index (χ3n) is 4.47. The molecule has 2 aliphatic carbocycles. The molecule has 1 fully saturated rings. The molecule has 0 unspecified atom stereocenters. The Kier molecular flexibility index (Phi) is 1.91. The van der Waals surface area contributed by atoms with Gasteiger partial charge in [-0.05, 0) is 48.4 Å². The molecule has 0 amide bonds. The maximum absolute atomic E-state index is 12.0. The Hall–Kier alpha value is -1.31. The van der Waals surface area contributed by atoms with Crippen molar-refractivity contribution in [3.05, 3.63) is 29.3 Å². The molecule has 0 heterocycles. The third-order valence-corrected chi connectivity index (χ3v) is 4.47. The fraction of sp³-hybridized carbons (Fsp3) is 0.500. The molecular weight excluding hydrogens is 200 g/mol. The lowest BCUT2D eigenvalue weighted by Crippen LogP contribution is -2.36. The van der Waals surface area contributed by atoms with Crippen LogP contribution in [0.4, 0.5) is 0 Å². The minimum atomic E-state index is -0.135. The highest BCUT2D eigenvalue weighted by molar-refractivity contribution is 5.87. The smallest absolute Gasteiger partial charge is 0.139 e. The Morgan fingerprint density at radius 2 is 2.19 bits per heavy atom. The van der Waals surface area contributed by atoms with Gasteiger partial charge in [0.15, 0.2) is 0 Å². The van der Waals surface area contributed by atoms with E-state index >= 15 is 0 Å². The van der Waals surface area contributed by atoms with Gasteiger partial charge in [-0.25, -0.2) is 0 Å². The van der Waals surface area contributed by atoms with E-state index in [1.54, 1.807) is 6.07 Å². The van der Waals surface area contributed by atoms with Crippen LogP contribution in [-0.2, 0) is 17.6 Å². The van der Waals surface area contributed by atoms with Crippen molar-refractivity contribution in [3.8, 4) is 5.75 Å². The quantitative estimate of drug-likeness (QED) is 0.723. The first-order valence-electron chi connectivity index (χ1n) is 5.94. The second-order valence-electron chi connectivity index (χ2n) is 5.41. The molecule has 0 spiro atoms. The number of hydrogen-bond donors (Lipinski definition) is 1. The number of carbonyl (C=O) groups is 1.